The van der Waals surface area contributed by atoms with Gasteiger partial charge in [-0.3, -0.25) is 9.52 Å². The first-order chi connectivity index (χ1) is 13.2. The smallest absolute Gasteiger partial charge is 0.261 e. The number of rotatable bonds is 6. The Hall–Kier alpha value is -2.56. The summed E-state index contributed by atoms with van der Waals surface area (Å²) in [6.45, 7) is 1.38. The zero-order chi connectivity index (χ0) is 20.5. The van der Waals surface area contributed by atoms with Crippen LogP contribution in [0, 0.1) is 0 Å². The van der Waals surface area contributed by atoms with E-state index in [0.29, 0.717) is 26.8 Å². The number of thiazole rings is 1. The lowest BCUT2D eigenvalue weighted by molar-refractivity contribution is -0.114. The molecular formula is C17H16ClN3O5S2. The summed E-state index contributed by atoms with van der Waals surface area (Å²) in [4.78, 5) is 15.5. The maximum absolute atomic E-state index is 12.7. The Labute approximate surface area is 170 Å². The molecule has 11 heteroatoms. The largest absolute Gasteiger partial charge is 0.495 e. The normalized spacial score (nSPS) is 11.3. The van der Waals surface area contributed by atoms with Gasteiger partial charge >= 0.3 is 0 Å². The molecule has 0 fully saturated rings. The van der Waals surface area contributed by atoms with Crippen LogP contribution in [-0.2, 0) is 14.8 Å². The molecule has 0 saturated carbocycles. The number of sulfonamides is 1. The molecule has 1 amide bonds. The summed E-state index contributed by atoms with van der Waals surface area (Å²) in [5, 5.41) is 3.18. The first-order valence-corrected chi connectivity index (χ1v) is 10.5. The Morgan fingerprint density at radius 1 is 1.14 bits per heavy atom. The molecule has 0 spiro atoms. The predicted molar refractivity (Wildman–Crippen MR) is 109 cm³/mol. The van der Waals surface area contributed by atoms with Gasteiger partial charge in [0.25, 0.3) is 10.0 Å². The number of benzene rings is 2. The van der Waals surface area contributed by atoms with E-state index in [4.69, 9.17) is 21.1 Å². The van der Waals surface area contributed by atoms with Crippen molar-refractivity contribution < 1.29 is 22.7 Å². The van der Waals surface area contributed by atoms with Gasteiger partial charge in [-0.25, -0.2) is 13.4 Å². The molecule has 0 aliphatic carbocycles. The van der Waals surface area contributed by atoms with Crippen LogP contribution in [-0.4, -0.2) is 33.5 Å². The molecule has 1 heterocycles. The van der Waals surface area contributed by atoms with E-state index in [-0.39, 0.29) is 21.5 Å². The van der Waals surface area contributed by atoms with Gasteiger partial charge in [0, 0.05) is 13.0 Å². The quantitative estimate of drug-likeness (QED) is 0.603. The van der Waals surface area contributed by atoms with Gasteiger partial charge < -0.3 is 14.8 Å². The van der Waals surface area contributed by atoms with E-state index in [1.54, 1.807) is 6.07 Å². The molecule has 28 heavy (non-hydrogen) atoms. The van der Waals surface area contributed by atoms with Crippen LogP contribution >= 0.6 is 22.9 Å². The summed E-state index contributed by atoms with van der Waals surface area (Å²) in [5.74, 6) is 0.491. The predicted octanol–water partition coefficient (Wildman–Crippen LogP) is 3.73. The third-order valence-electron chi connectivity index (χ3n) is 3.65. The Morgan fingerprint density at radius 3 is 2.46 bits per heavy atom. The number of nitrogens with one attached hydrogen (secondary N) is 2. The van der Waals surface area contributed by atoms with E-state index < -0.39 is 10.0 Å². The minimum absolute atomic E-state index is 0.0133. The number of methoxy groups -OCH3 is 2. The summed E-state index contributed by atoms with van der Waals surface area (Å²) in [6.07, 6.45) is 0. The van der Waals surface area contributed by atoms with Gasteiger partial charge in [0.2, 0.25) is 5.91 Å². The van der Waals surface area contributed by atoms with E-state index in [9.17, 15) is 13.2 Å². The first kappa shape index (κ1) is 20.2. The Kier molecular flexibility index (Phi) is 5.64. The zero-order valence-corrected chi connectivity index (χ0v) is 17.5. The molecule has 3 rings (SSSR count). The van der Waals surface area contributed by atoms with Crippen LogP contribution in [0.4, 0.5) is 10.8 Å². The highest BCUT2D eigenvalue weighted by atomic mass is 35.5. The molecule has 3 aromatic rings. The van der Waals surface area contributed by atoms with Gasteiger partial charge in [0.15, 0.2) is 5.13 Å². The fraction of sp³-hybridized carbons (Fsp3) is 0.176. The molecule has 0 aliphatic heterocycles. The number of fused-ring (bicyclic) bond motifs is 1. The monoisotopic (exact) mass is 441 g/mol. The van der Waals surface area contributed by atoms with Crippen LogP contribution in [0.3, 0.4) is 0 Å². The van der Waals surface area contributed by atoms with Crippen LogP contribution in [0.15, 0.2) is 35.2 Å². The number of ether oxygens (including phenoxy) is 2. The molecule has 2 aromatic carbocycles. The summed E-state index contributed by atoms with van der Waals surface area (Å²) in [5.41, 5.74) is 0.806. The van der Waals surface area contributed by atoms with Crippen molar-refractivity contribution in [1.29, 1.82) is 0 Å². The lowest BCUT2D eigenvalue weighted by Gasteiger charge is -2.11. The van der Waals surface area contributed by atoms with E-state index in [1.807, 2.05) is 0 Å². The van der Waals surface area contributed by atoms with Crippen molar-refractivity contribution in [3.8, 4) is 11.5 Å². The average molecular weight is 442 g/mol. The topological polar surface area (TPSA) is 107 Å². The van der Waals surface area contributed by atoms with Gasteiger partial charge in [-0.05, 0) is 24.3 Å². The fourth-order valence-electron chi connectivity index (χ4n) is 2.45. The van der Waals surface area contributed by atoms with Crippen molar-refractivity contribution in [3.63, 3.8) is 0 Å². The zero-order valence-electron chi connectivity index (χ0n) is 15.1. The van der Waals surface area contributed by atoms with Crippen LogP contribution in [0.1, 0.15) is 6.92 Å². The molecule has 0 radical (unpaired) electrons. The SMILES string of the molecule is COc1ccc(S(=O)(=O)Nc2cc(OC)c3nc(NC(C)=O)sc3c2)cc1Cl. The maximum atomic E-state index is 12.7. The number of amides is 1. The van der Waals surface area contributed by atoms with Crippen LogP contribution < -0.4 is 19.5 Å². The molecule has 2 N–H and O–H groups in total. The summed E-state index contributed by atoms with van der Waals surface area (Å²) in [7, 11) is -1.00. The number of anilines is 2. The number of nitrogens with zero attached hydrogens (tertiary/aromatic N) is 1. The lowest BCUT2D eigenvalue weighted by Crippen LogP contribution is -2.13. The fourth-order valence-corrected chi connectivity index (χ4v) is 4.80. The van der Waals surface area contributed by atoms with E-state index in [2.05, 4.69) is 15.0 Å². The standard InChI is InChI=1S/C17H16ClN3O5S2/c1-9(22)19-17-20-16-14(26-3)6-10(7-15(16)27-17)21-28(23,24)11-4-5-13(25-2)12(18)8-11/h4-8,21H,1-3H3,(H,19,20,22). The van der Waals surface area contributed by atoms with E-state index in [0.717, 1.165) is 0 Å². The molecule has 0 atom stereocenters. The Balaban J connectivity index is 1.98. The summed E-state index contributed by atoms with van der Waals surface area (Å²) < 4.78 is 38.9. The molecule has 0 aliphatic rings. The molecular weight excluding hydrogens is 426 g/mol. The third-order valence-corrected chi connectivity index (χ3v) is 6.24. The summed E-state index contributed by atoms with van der Waals surface area (Å²) in [6, 6.07) is 7.31. The number of carbonyl (C=O) groups excluding carboxylic acids is 1. The highest BCUT2D eigenvalue weighted by molar-refractivity contribution is 7.92. The molecule has 8 nitrogen and oxygen atoms in total. The van der Waals surface area contributed by atoms with Crippen LogP contribution in [0.2, 0.25) is 5.02 Å². The second-order valence-electron chi connectivity index (χ2n) is 5.63. The number of halogens is 1. The molecule has 148 valence electrons. The van der Waals surface area contributed by atoms with E-state index in [1.165, 1.54) is 56.7 Å². The van der Waals surface area contributed by atoms with Gasteiger partial charge in [0.05, 0.1) is 34.5 Å². The maximum Gasteiger partial charge on any atom is 0.261 e. The van der Waals surface area contributed by atoms with Crippen LogP contribution in [0.25, 0.3) is 10.2 Å². The number of aromatic nitrogens is 1. The second kappa shape index (κ2) is 7.82. The Bertz CT molecular complexity index is 1160. The molecule has 1 aromatic heterocycles. The van der Waals surface area contributed by atoms with Crippen molar-refractivity contribution >= 4 is 59.9 Å². The number of carbonyl (C=O) groups is 1. The highest BCUT2D eigenvalue weighted by Crippen LogP contribution is 2.36. The van der Waals surface area contributed by atoms with Gasteiger partial charge in [-0.2, -0.15) is 0 Å². The minimum Gasteiger partial charge on any atom is -0.495 e. The molecule has 0 bridgehead atoms. The van der Waals surface area contributed by atoms with Crippen molar-refractivity contribution in [2.24, 2.45) is 0 Å². The van der Waals surface area contributed by atoms with Crippen LogP contribution in [0.5, 0.6) is 11.5 Å². The number of hydrogen-bond acceptors (Lipinski definition) is 7. The van der Waals surface area contributed by atoms with Crippen molar-refractivity contribution in [2.45, 2.75) is 11.8 Å². The highest BCUT2D eigenvalue weighted by Gasteiger charge is 2.19. The lowest BCUT2D eigenvalue weighted by atomic mass is 10.3. The first-order valence-electron chi connectivity index (χ1n) is 7.86. The van der Waals surface area contributed by atoms with Gasteiger partial charge in [-0.1, -0.05) is 22.9 Å². The second-order valence-corrected chi connectivity index (χ2v) is 8.75. The molecule has 0 saturated heterocycles. The molecule has 0 unspecified atom stereocenters. The van der Waals surface area contributed by atoms with Gasteiger partial charge in [0.1, 0.15) is 17.0 Å². The van der Waals surface area contributed by atoms with Crippen molar-refractivity contribution in [3.05, 3.63) is 35.4 Å². The third kappa shape index (κ3) is 4.13. The van der Waals surface area contributed by atoms with Gasteiger partial charge in [-0.15, -0.1) is 0 Å². The van der Waals surface area contributed by atoms with Crippen molar-refractivity contribution in [1.82, 2.24) is 4.98 Å². The Morgan fingerprint density at radius 2 is 1.86 bits per heavy atom. The summed E-state index contributed by atoms with van der Waals surface area (Å²) >= 11 is 7.23. The van der Waals surface area contributed by atoms with Crippen molar-refractivity contribution in [2.75, 3.05) is 24.3 Å². The van der Waals surface area contributed by atoms with E-state index >= 15 is 0 Å². The number of hydrogen-bond donors (Lipinski definition) is 2. The average Bonchev–Trinajstić information content (AvgIpc) is 3.01. The minimum atomic E-state index is -3.90.